The molecule has 0 amide bonds. The van der Waals surface area contributed by atoms with Crippen molar-refractivity contribution < 1.29 is 4.74 Å². The van der Waals surface area contributed by atoms with E-state index in [-0.39, 0.29) is 5.56 Å². The number of aryl methyl sites for hydroxylation is 2. The molecule has 0 spiro atoms. The van der Waals surface area contributed by atoms with Gasteiger partial charge < -0.3 is 9.72 Å². The maximum atomic E-state index is 13.1. The highest BCUT2D eigenvalue weighted by Gasteiger charge is 2.23. The number of tetrazole rings is 1. The summed E-state index contributed by atoms with van der Waals surface area (Å²) in [5.74, 6) is 0.892. The molecule has 0 bridgehead atoms. The van der Waals surface area contributed by atoms with Gasteiger partial charge in [0.15, 0.2) is 5.82 Å². The molecular weight excluding hydrogens is 442 g/mol. The van der Waals surface area contributed by atoms with Gasteiger partial charge in [-0.3, -0.25) is 14.6 Å². The normalized spacial score (nSPS) is 18.0. The van der Waals surface area contributed by atoms with Gasteiger partial charge >= 0.3 is 0 Å². The molecular formula is C26H37N7O2. The second-order valence-corrected chi connectivity index (χ2v) is 10.1. The fourth-order valence-corrected chi connectivity index (χ4v) is 5.42. The minimum absolute atomic E-state index is 0.0190. The summed E-state index contributed by atoms with van der Waals surface area (Å²) >= 11 is 0. The van der Waals surface area contributed by atoms with Gasteiger partial charge in [0.25, 0.3) is 5.56 Å². The number of aromatic amines is 1. The molecule has 2 aliphatic rings. The Morgan fingerprint density at radius 2 is 1.86 bits per heavy atom. The Kier molecular flexibility index (Phi) is 7.55. The summed E-state index contributed by atoms with van der Waals surface area (Å²) in [6.45, 7) is 10.5. The molecule has 2 fully saturated rings. The Bertz CT molecular complexity index is 1190. The summed E-state index contributed by atoms with van der Waals surface area (Å²) in [6.07, 6.45) is 6.03. The van der Waals surface area contributed by atoms with E-state index in [1.54, 1.807) is 0 Å². The number of aromatic nitrogens is 5. The summed E-state index contributed by atoms with van der Waals surface area (Å²) in [6, 6.07) is 6.63. The van der Waals surface area contributed by atoms with E-state index in [0.29, 0.717) is 19.1 Å². The topological polar surface area (TPSA) is 92.2 Å². The summed E-state index contributed by atoms with van der Waals surface area (Å²) in [7, 11) is 0. The molecule has 188 valence electrons. The first-order chi connectivity index (χ1) is 17.1. The first-order valence-electron chi connectivity index (χ1n) is 13.0. The van der Waals surface area contributed by atoms with Crippen molar-refractivity contribution in [2.75, 3.05) is 39.4 Å². The zero-order valence-electron chi connectivity index (χ0n) is 21.0. The fraction of sp³-hybridized carbons (Fsp3) is 0.615. The van der Waals surface area contributed by atoms with E-state index >= 15 is 0 Å². The van der Waals surface area contributed by atoms with Gasteiger partial charge in [0.05, 0.1) is 31.3 Å². The van der Waals surface area contributed by atoms with E-state index in [9.17, 15) is 4.79 Å². The lowest BCUT2D eigenvalue weighted by atomic mass is 9.95. The number of benzene rings is 1. The van der Waals surface area contributed by atoms with Gasteiger partial charge in [0.1, 0.15) is 0 Å². The Labute approximate surface area is 206 Å². The molecule has 1 aliphatic carbocycles. The molecule has 1 aromatic carbocycles. The number of hydrogen-bond acceptors (Lipinski definition) is 7. The number of fused-ring (bicyclic) bond motifs is 1. The largest absolute Gasteiger partial charge is 0.379 e. The summed E-state index contributed by atoms with van der Waals surface area (Å²) in [5.41, 5.74) is 3.95. The number of rotatable bonds is 8. The number of morpholine rings is 1. The van der Waals surface area contributed by atoms with Crippen molar-refractivity contribution in [1.29, 1.82) is 0 Å². The van der Waals surface area contributed by atoms with Crippen LogP contribution < -0.4 is 5.56 Å². The van der Waals surface area contributed by atoms with Crippen molar-refractivity contribution in [3.8, 4) is 0 Å². The maximum absolute atomic E-state index is 13.1. The molecule has 0 unspecified atom stereocenters. The Hall–Kier alpha value is -2.62. The van der Waals surface area contributed by atoms with Crippen LogP contribution >= 0.6 is 0 Å². The predicted octanol–water partition coefficient (Wildman–Crippen LogP) is 2.97. The quantitative estimate of drug-likeness (QED) is 0.531. The average molecular weight is 480 g/mol. The Balaban J connectivity index is 1.40. The second kappa shape index (κ2) is 11.0. The highest BCUT2D eigenvalue weighted by Crippen LogP contribution is 2.28. The average Bonchev–Trinajstić information content (AvgIpc) is 3.35. The van der Waals surface area contributed by atoms with Crippen molar-refractivity contribution in [2.45, 2.75) is 65.1 Å². The SMILES string of the molecule is Cc1ccc(C)c2[nH]c(=O)c(CN(CCN3CCOCC3)Cc3nnnn3C3CCCCC3)cc12. The summed E-state index contributed by atoms with van der Waals surface area (Å²) < 4.78 is 7.56. The number of pyridine rings is 1. The molecule has 1 N–H and O–H groups in total. The van der Waals surface area contributed by atoms with Crippen LogP contribution in [0.4, 0.5) is 0 Å². The van der Waals surface area contributed by atoms with Gasteiger partial charge in [-0.15, -0.1) is 5.10 Å². The molecule has 3 aromatic rings. The molecule has 1 saturated heterocycles. The molecule has 0 atom stereocenters. The predicted molar refractivity (Wildman–Crippen MR) is 135 cm³/mol. The lowest BCUT2D eigenvalue weighted by molar-refractivity contribution is 0.0322. The highest BCUT2D eigenvalue weighted by molar-refractivity contribution is 5.85. The zero-order valence-corrected chi connectivity index (χ0v) is 21.0. The van der Waals surface area contributed by atoms with Crippen LogP contribution in [-0.2, 0) is 17.8 Å². The number of nitrogens with zero attached hydrogens (tertiary/aromatic N) is 6. The fourth-order valence-electron chi connectivity index (χ4n) is 5.42. The van der Waals surface area contributed by atoms with Crippen LogP contribution in [0.25, 0.3) is 10.9 Å². The van der Waals surface area contributed by atoms with Crippen molar-refractivity contribution in [3.05, 3.63) is 51.1 Å². The minimum atomic E-state index is -0.0190. The van der Waals surface area contributed by atoms with Crippen LogP contribution in [0.5, 0.6) is 0 Å². The molecule has 1 saturated carbocycles. The van der Waals surface area contributed by atoms with Crippen LogP contribution in [0.15, 0.2) is 23.0 Å². The monoisotopic (exact) mass is 479 g/mol. The van der Waals surface area contributed by atoms with Gasteiger partial charge in [0, 0.05) is 43.7 Å². The number of ether oxygens (including phenoxy) is 1. The van der Waals surface area contributed by atoms with E-state index in [1.165, 1.54) is 24.8 Å². The summed E-state index contributed by atoms with van der Waals surface area (Å²) in [5, 5.41) is 13.9. The molecule has 1 aliphatic heterocycles. The van der Waals surface area contributed by atoms with Gasteiger partial charge in [-0.2, -0.15) is 0 Å². The first kappa shape index (κ1) is 24.1. The Morgan fingerprint density at radius 3 is 2.66 bits per heavy atom. The third-order valence-corrected chi connectivity index (χ3v) is 7.60. The molecule has 0 radical (unpaired) electrons. The molecule has 9 nitrogen and oxygen atoms in total. The summed E-state index contributed by atoms with van der Waals surface area (Å²) in [4.78, 5) is 21.0. The number of H-pyrrole nitrogens is 1. The van der Waals surface area contributed by atoms with Crippen molar-refractivity contribution >= 4 is 10.9 Å². The molecule has 3 heterocycles. The lowest BCUT2D eigenvalue weighted by Gasteiger charge is -2.30. The van der Waals surface area contributed by atoms with Gasteiger partial charge in [-0.25, -0.2) is 4.68 Å². The van der Waals surface area contributed by atoms with Crippen molar-refractivity contribution in [2.24, 2.45) is 0 Å². The van der Waals surface area contributed by atoms with Crippen LogP contribution in [0, 0.1) is 13.8 Å². The van der Waals surface area contributed by atoms with Crippen molar-refractivity contribution in [1.82, 2.24) is 35.0 Å². The van der Waals surface area contributed by atoms with Crippen LogP contribution in [0.3, 0.4) is 0 Å². The van der Waals surface area contributed by atoms with E-state index < -0.39 is 0 Å². The van der Waals surface area contributed by atoms with Gasteiger partial charge in [0.2, 0.25) is 0 Å². The third kappa shape index (κ3) is 5.63. The molecule has 35 heavy (non-hydrogen) atoms. The van der Waals surface area contributed by atoms with Crippen LogP contribution in [0.2, 0.25) is 0 Å². The molecule has 9 heteroatoms. The van der Waals surface area contributed by atoms with E-state index in [1.807, 2.05) is 11.6 Å². The minimum Gasteiger partial charge on any atom is -0.379 e. The van der Waals surface area contributed by atoms with Gasteiger partial charge in [-0.05, 0) is 54.3 Å². The number of hydrogen-bond donors (Lipinski definition) is 1. The van der Waals surface area contributed by atoms with E-state index in [4.69, 9.17) is 4.74 Å². The Morgan fingerprint density at radius 1 is 1.09 bits per heavy atom. The van der Waals surface area contributed by atoms with Crippen molar-refractivity contribution in [3.63, 3.8) is 0 Å². The van der Waals surface area contributed by atoms with Gasteiger partial charge in [-0.1, -0.05) is 31.4 Å². The maximum Gasteiger partial charge on any atom is 0.252 e. The molecule has 2 aromatic heterocycles. The third-order valence-electron chi connectivity index (χ3n) is 7.60. The zero-order chi connectivity index (χ0) is 24.2. The standard InChI is InChI=1S/C26H37N7O2/c1-19-8-9-20(2)25-23(19)16-21(26(34)27-25)17-32(11-10-31-12-14-35-15-13-31)18-24-28-29-30-33(24)22-6-4-3-5-7-22/h8-9,16,22H,3-7,10-15,17-18H2,1-2H3,(H,27,34). The first-order valence-corrected chi connectivity index (χ1v) is 13.0. The highest BCUT2D eigenvalue weighted by atomic mass is 16.5. The van der Waals surface area contributed by atoms with Crippen LogP contribution in [0.1, 0.15) is 60.7 Å². The molecule has 5 rings (SSSR count). The smallest absolute Gasteiger partial charge is 0.252 e. The van der Waals surface area contributed by atoms with Crippen LogP contribution in [-0.4, -0.2) is 74.4 Å². The van der Waals surface area contributed by atoms with E-state index in [2.05, 4.69) is 55.4 Å². The van der Waals surface area contributed by atoms with E-state index in [0.717, 1.165) is 80.1 Å². The number of nitrogens with one attached hydrogen (secondary N) is 1. The second-order valence-electron chi connectivity index (χ2n) is 10.1. The lowest BCUT2D eigenvalue weighted by Crippen LogP contribution is -2.41.